The van der Waals surface area contributed by atoms with Crippen LogP contribution < -0.4 is 9.80 Å². The molecule has 35 heavy (non-hydrogen) atoms. The van der Waals surface area contributed by atoms with Gasteiger partial charge < -0.3 is 19.4 Å². The van der Waals surface area contributed by atoms with Crippen LogP contribution in [-0.4, -0.2) is 96.5 Å². The van der Waals surface area contributed by atoms with E-state index in [1.807, 2.05) is 17.9 Å². The second-order valence-corrected chi connectivity index (χ2v) is 9.05. The van der Waals surface area contributed by atoms with Crippen LogP contribution in [0.3, 0.4) is 0 Å². The summed E-state index contributed by atoms with van der Waals surface area (Å²) in [6.45, 7) is 7.78. The molecule has 0 radical (unpaired) electrons. The van der Waals surface area contributed by atoms with E-state index >= 15 is 0 Å². The van der Waals surface area contributed by atoms with Gasteiger partial charge in [0, 0.05) is 64.0 Å². The minimum absolute atomic E-state index is 0.0501. The number of piperazine rings is 1. The zero-order chi connectivity index (χ0) is 24.4. The van der Waals surface area contributed by atoms with Gasteiger partial charge in [0.25, 0.3) is 11.8 Å². The summed E-state index contributed by atoms with van der Waals surface area (Å²) < 4.78 is 5.43. The first kappa shape index (κ1) is 23.2. The molecule has 10 nitrogen and oxygen atoms in total. The molecule has 4 heterocycles. The Kier molecular flexibility index (Phi) is 6.63. The summed E-state index contributed by atoms with van der Waals surface area (Å²) in [4.78, 5) is 54.6. The lowest BCUT2D eigenvalue weighted by atomic mass is 10.1. The van der Waals surface area contributed by atoms with Crippen LogP contribution in [0.15, 0.2) is 30.3 Å². The zero-order valence-electron chi connectivity index (χ0n) is 20.0. The summed E-state index contributed by atoms with van der Waals surface area (Å²) in [5.41, 5.74) is 1.80. The summed E-state index contributed by atoms with van der Waals surface area (Å²) in [6.07, 6.45) is 0.764. The molecular weight excluding hydrogens is 448 g/mol. The average molecular weight is 479 g/mol. The van der Waals surface area contributed by atoms with Crippen LogP contribution >= 0.6 is 0 Å². The minimum atomic E-state index is -0.275. The molecule has 5 rings (SSSR count). The second kappa shape index (κ2) is 9.99. The largest absolute Gasteiger partial charge is 0.378 e. The molecule has 0 bridgehead atoms. The lowest BCUT2D eigenvalue weighted by Crippen LogP contribution is -2.49. The monoisotopic (exact) mass is 478 g/mol. The number of nitrogens with zero attached hydrogens (tertiary/aromatic N) is 6. The molecule has 3 amide bonds. The van der Waals surface area contributed by atoms with Crippen LogP contribution in [0, 0.1) is 6.92 Å². The number of carbonyl (C=O) groups excluding carboxylic acids is 3. The zero-order valence-corrected chi connectivity index (χ0v) is 20.0. The summed E-state index contributed by atoms with van der Waals surface area (Å²) in [7, 11) is 0. The number of hydrogen-bond acceptors (Lipinski definition) is 8. The van der Waals surface area contributed by atoms with E-state index in [9.17, 15) is 14.4 Å². The molecular formula is C25H30N6O4. The van der Waals surface area contributed by atoms with Gasteiger partial charge >= 0.3 is 0 Å². The molecule has 2 aromatic rings. The van der Waals surface area contributed by atoms with Gasteiger partial charge in [0.1, 0.15) is 5.82 Å². The van der Waals surface area contributed by atoms with E-state index in [1.165, 1.54) is 4.90 Å². The van der Waals surface area contributed by atoms with Crippen LogP contribution in [0.5, 0.6) is 0 Å². The molecule has 2 fully saturated rings. The molecule has 0 N–H and O–H groups in total. The fraction of sp³-hybridized carbons (Fsp3) is 0.480. The fourth-order valence-corrected chi connectivity index (χ4v) is 4.78. The Hall–Kier alpha value is -3.53. The Bertz CT molecular complexity index is 1090. The normalized spacial score (nSPS) is 18.3. The van der Waals surface area contributed by atoms with Crippen LogP contribution in [-0.2, 0) is 9.53 Å². The number of aromatic nitrogens is 2. The maximum atomic E-state index is 12.8. The molecule has 1 aromatic heterocycles. The number of benzene rings is 1. The molecule has 0 saturated carbocycles. The lowest BCUT2D eigenvalue weighted by molar-refractivity contribution is -0.131. The van der Waals surface area contributed by atoms with Crippen molar-refractivity contribution in [1.82, 2.24) is 19.8 Å². The summed E-state index contributed by atoms with van der Waals surface area (Å²) in [6, 6.07) is 8.84. The van der Waals surface area contributed by atoms with Crippen molar-refractivity contribution >= 4 is 29.5 Å². The molecule has 184 valence electrons. The number of imide groups is 1. The van der Waals surface area contributed by atoms with E-state index in [0.29, 0.717) is 63.4 Å². The predicted octanol–water partition coefficient (Wildman–Crippen LogP) is 1.35. The topological polar surface area (TPSA) is 99.2 Å². The Morgan fingerprint density at radius 1 is 0.914 bits per heavy atom. The predicted molar refractivity (Wildman–Crippen MR) is 130 cm³/mol. The molecule has 10 heteroatoms. The molecule has 0 aliphatic carbocycles. The van der Waals surface area contributed by atoms with Gasteiger partial charge in [-0.3, -0.25) is 19.3 Å². The molecule has 3 aliphatic heterocycles. The van der Waals surface area contributed by atoms with Crippen molar-refractivity contribution < 1.29 is 19.1 Å². The molecule has 0 unspecified atom stereocenters. The number of rotatable bonds is 6. The highest BCUT2D eigenvalue weighted by molar-refractivity contribution is 6.21. The quantitative estimate of drug-likeness (QED) is 0.574. The Balaban J connectivity index is 1.11. The summed E-state index contributed by atoms with van der Waals surface area (Å²) in [5, 5.41) is 0. The SMILES string of the molecule is Cc1cc(N2CCN(C(=O)CCCN3C(=O)c4ccccc4C3=O)CC2)nc(N2CCOCC2)n1. The van der Waals surface area contributed by atoms with E-state index < -0.39 is 0 Å². The first-order chi connectivity index (χ1) is 17.0. The van der Waals surface area contributed by atoms with Crippen molar-refractivity contribution in [1.29, 1.82) is 0 Å². The van der Waals surface area contributed by atoms with Crippen LogP contribution in [0.4, 0.5) is 11.8 Å². The number of carbonyl (C=O) groups is 3. The molecule has 0 spiro atoms. The number of fused-ring (bicyclic) bond motifs is 1. The maximum absolute atomic E-state index is 12.8. The third-order valence-electron chi connectivity index (χ3n) is 6.73. The van der Waals surface area contributed by atoms with Crippen molar-refractivity contribution in [3.8, 4) is 0 Å². The Morgan fingerprint density at radius 3 is 2.23 bits per heavy atom. The third-order valence-corrected chi connectivity index (χ3v) is 6.73. The van der Waals surface area contributed by atoms with Gasteiger partial charge in [-0.2, -0.15) is 4.98 Å². The number of ether oxygens (including phenoxy) is 1. The number of aryl methyl sites for hydroxylation is 1. The van der Waals surface area contributed by atoms with Gasteiger partial charge in [0.2, 0.25) is 11.9 Å². The first-order valence-electron chi connectivity index (χ1n) is 12.2. The van der Waals surface area contributed by atoms with Crippen molar-refractivity contribution in [2.45, 2.75) is 19.8 Å². The van der Waals surface area contributed by atoms with Gasteiger partial charge in [-0.05, 0) is 25.5 Å². The van der Waals surface area contributed by atoms with Gasteiger partial charge in [-0.25, -0.2) is 4.98 Å². The van der Waals surface area contributed by atoms with Gasteiger partial charge in [0.15, 0.2) is 0 Å². The number of amides is 3. The first-order valence-corrected chi connectivity index (χ1v) is 12.2. The van der Waals surface area contributed by atoms with Crippen molar-refractivity contribution in [3.05, 3.63) is 47.2 Å². The minimum Gasteiger partial charge on any atom is -0.378 e. The Morgan fingerprint density at radius 2 is 1.57 bits per heavy atom. The summed E-state index contributed by atoms with van der Waals surface area (Å²) >= 11 is 0. The number of hydrogen-bond donors (Lipinski definition) is 0. The smallest absolute Gasteiger partial charge is 0.261 e. The van der Waals surface area contributed by atoms with Crippen LogP contribution in [0.1, 0.15) is 39.3 Å². The summed E-state index contributed by atoms with van der Waals surface area (Å²) in [5.74, 6) is 1.12. The molecule has 0 atom stereocenters. The maximum Gasteiger partial charge on any atom is 0.261 e. The van der Waals surface area contributed by atoms with E-state index in [4.69, 9.17) is 9.72 Å². The van der Waals surface area contributed by atoms with Crippen molar-refractivity contribution in [2.24, 2.45) is 0 Å². The third kappa shape index (κ3) is 4.84. The molecule has 1 aromatic carbocycles. The molecule has 3 aliphatic rings. The van der Waals surface area contributed by atoms with Crippen LogP contribution in [0.25, 0.3) is 0 Å². The highest BCUT2D eigenvalue weighted by Crippen LogP contribution is 2.23. The fourth-order valence-electron chi connectivity index (χ4n) is 4.78. The van der Waals surface area contributed by atoms with Gasteiger partial charge in [-0.15, -0.1) is 0 Å². The average Bonchev–Trinajstić information content (AvgIpc) is 3.14. The van der Waals surface area contributed by atoms with E-state index in [0.717, 1.165) is 30.5 Å². The second-order valence-electron chi connectivity index (χ2n) is 9.05. The van der Waals surface area contributed by atoms with Crippen molar-refractivity contribution in [3.63, 3.8) is 0 Å². The number of morpholine rings is 1. The Labute approximate surface area is 204 Å². The van der Waals surface area contributed by atoms with E-state index in [1.54, 1.807) is 24.3 Å². The lowest BCUT2D eigenvalue weighted by Gasteiger charge is -2.36. The van der Waals surface area contributed by atoms with Gasteiger partial charge in [0.05, 0.1) is 24.3 Å². The van der Waals surface area contributed by atoms with Crippen LogP contribution in [0.2, 0.25) is 0 Å². The van der Waals surface area contributed by atoms with Gasteiger partial charge in [-0.1, -0.05) is 12.1 Å². The van der Waals surface area contributed by atoms with E-state index in [2.05, 4.69) is 14.8 Å². The number of anilines is 2. The van der Waals surface area contributed by atoms with E-state index in [-0.39, 0.29) is 24.3 Å². The van der Waals surface area contributed by atoms with Crippen molar-refractivity contribution in [2.75, 3.05) is 68.8 Å². The highest BCUT2D eigenvalue weighted by atomic mass is 16.5. The highest BCUT2D eigenvalue weighted by Gasteiger charge is 2.34. The molecule has 2 saturated heterocycles. The standard InChI is InChI=1S/C25H30N6O4/c1-18-17-21(27-25(26-18)30-13-15-35-16-14-30)28-9-11-29(12-10-28)22(32)7-4-8-31-23(33)19-5-2-3-6-20(19)24(31)34/h2-3,5-6,17H,4,7-16H2,1H3.